The van der Waals surface area contributed by atoms with Crippen LogP contribution in [0.4, 0.5) is 0 Å². The Morgan fingerprint density at radius 3 is 2.57 bits per heavy atom. The molecule has 2 fully saturated rings. The molecule has 1 heterocycles. The van der Waals surface area contributed by atoms with Crippen molar-refractivity contribution in [3.05, 3.63) is 0 Å². The molecule has 0 aromatic heterocycles. The number of nitrogens with zero attached hydrogens (tertiary/aromatic N) is 1. The fourth-order valence-corrected chi connectivity index (χ4v) is 4.99. The van der Waals surface area contributed by atoms with Gasteiger partial charge in [0, 0.05) is 18.1 Å². The molecule has 1 aliphatic carbocycles. The van der Waals surface area contributed by atoms with E-state index in [-0.39, 0.29) is 0 Å². The zero-order valence-electron chi connectivity index (χ0n) is 14.6. The van der Waals surface area contributed by atoms with Crippen LogP contribution in [-0.4, -0.2) is 29.6 Å². The van der Waals surface area contributed by atoms with Gasteiger partial charge in [-0.25, -0.2) is 0 Å². The van der Waals surface area contributed by atoms with Gasteiger partial charge in [-0.3, -0.25) is 4.90 Å². The monoisotopic (exact) mass is 294 g/mol. The first-order valence-electron chi connectivity index (χ1n) is 9.72. The minimum Gasteiger partial charge on any atom is -0.329 e. The van der Waals surface area contributed by atoms with Gasteiger partial charge in [0.25, 0.3) is 0 Å². The van der Waals surface area contributed by atoms with Crippen molar-refractivity contribution in [2.45, 2.75) is 102 Å². The Morgan fingerprint density at radius 2 is 1.86 bits per heavy atom. The number of nitrogens with two attached hydrogens (primary N) is 1. The summed E-state index contributed by atoms with van der Waals surface area (Å²) in [5.41, 5.74) is 6.71. The van der Waals surface area contributed by atoms with E-state index >= 15 is 0 Å². The lowest BCUT2D eigenvalue weighted by atomic mass is 9.85. The third-order valence-corrected chi connectivity index (χ3v) is 6.31. The Labute approximate surface area is 132 Å². The Balaban J connectivity index is 2.10. The molecule has 124 valence electrons. The largest absolute Gasteiger partial charge is 0.329 e. The molecule has 2 heteroatoms. The van der Waals surface area contributed by atoms with Crippen molar-refractivity contribution in [2.24, 2.45) is 11.7 Å². The molecular formula is C19H38N2. The van der Waals surface area contributed by atoms with Crippen LogP contribution in [0.2, 0.25) is 0 Å². The molecule has 2 N–H and O–H groups in total. The molecule has 2 rings (SSSR count). The Bertz CT molecular complexity index is 291. The maximum atomic E-state index is 6.38. The third-order valence-electron chi connectivity index (χ3n) is 6.31. The van der Waals surface area contributed by atoms with Crippen molar-refractivity contribution >= 4 is 0 Å². The zero-order chi connectivity index (χ0) is 15.1. The van der Waals surface area contributed by atoms with E-state index in [1.54, 1.807) is 0 Å². The van der Waals surface area contributed by atoms with E-state index in [1.165, 1.54) is 83.6 Å². The average molecular weight is 295 g/mol. The smallest absolute Gasteiger partial charge is 0.0334 e. The highest BCUT2D eigenvalue weighted by molar-refractivity contribution is 4.97. The standard InChI is InChI=1S/C19H38N2/c1-3-9-17-10-8-13-19(16-20,14-12-17)21-15-7-5-6-11-18(21)4-2/h17-18H,3-16,20H2,1-2H3. The van der Waals surface area contributed by atoms with Crippen molar-refractivity contribution in [2.75, 3.05) is 13.1 Å². The van der Waals surface area contributed by atoms with Crippen molar-refractivity contribution in [1.82, 2.24) is 4.90 Å². The zero-order valence-corrected chi connectivity index (χ0v) is 14.6. The first-order chi connectivity index (χ1) is 10.3. The van der Waals surface area contributed by atoms with Crippen LogP contribution in [0.1, 0.15) is 90.9 Å². The maximum absolute atomic E-state index is 6.38. The predicted molar refractivity (Wildman–Crippen MR) is 92.5 cm³/mol. The molecule has 1 aliphatic heterocycles. The van der Waals surface area contributed by atoms with Gasteiger partial charge in [-0.1, -0.05) is 52.4 Å². The Kier molecular flexibility index (Phi) is 7.01. The van der Waals surface area contributed by atoms with Gasteiger partial charge in [0.15, 0.2) is 0 Å². The number of likely N-dealkylation sites (tertiary alicyclic amines) is 1. The lowest BCUT2D eigenvalue weighted by Gasteiger charge is -2.47. The summed E-state index contributed by atoms with van der Waals surface area (Å²) in [7, 11) is 0. The minimum atomic E-state index is 0.327. The van der Waals surface area contributed by atoms with Crippen molar-refractivity contribution in [3.8, 4) is 0 Å². The first kappa shape index (κ1) is 17.3. The van der Waals surface area contributed by atoms with Gasteiger partial charge in [-0.05, 0) is 51.0 Å². The molecule has 2 nitrogen and oxygen atoms in total. The summed E-state index contributed by atoms with van der Waals surface area (Å²) in [6.45, 7) is 6.89. The van der Waals surface area contributed by atoms with Gasteiger partial charge in [0.1, 0.15) is 0 Å². The van der Waals surface area contributed by atoms with Crippen LogP contribution < -0.4 is 5.73 Å². The molecule has 1 saturated carbocycles. The molecule has 0 spiro atoms. The third kappa shape index (κ3) is 4.22. The Morgan fingerprint density at radius 1 is 1.00 bits per heavy atom. The van der Waals surface area contributed by atoms with Crippen LogP contribution in [0, 0.1) is 5.92 Å². The van der Waals surface area contributed by atoms with Crippen LogP contribution in [0.3, 0.4) is 0 Å². The fourth-order valence-electron chi connectivity index (χ4n) is 4.99. The van der Waals surface area contributed by atoms with Crippen LogP contribution in [0.15, 0.2) is 0 Å². The highest BCUT2D eigenvalue weighted by Crippen LogP contribution is 2.39. The van der Waals surface area contributed by atoms with Crippen LogP contribution in [-0.2, 0) is 0 Å². The van der Waals surface area contributed by atoms with Crippen LogP contribution >= 0.6 is 0 Å². The van der Waals surface area contributed by atoms with Gasteiger partial charge >= 0.3 is 0 Å². The van der Waals surface area contributed by atoms with E-state index in [0.29, 0.717) is 5.54 Å². The van der Waals surface area contributed by atoms with Crippen molar-refractivity contribution < 1.29 is 0 Å². The molecule has 3 atom stereocenters. The maximum Gasteiger partial charge on any atom is 0.0334 e. The highest BCUT2D eigenvalue weighted by Gasteiger charge is 2.40. The van der Waals surface area contributed by atoms with Crippen LogP contribution in [0.5, 0.6) is 0 Å². The van der Waals surface area contributed by atoms with Gasteiger partial charge in [0.2, 0.25) is 0 Å². The molecule has 1 saturated heterocycles. The predicted octanol–water partition coefficient (Wildman–Crippen LogP) is 4.72. The SMILES string of the molecule is CCCC1CCCC(CN)(N2CCCCCC2CC)CC1. The number of rotatable bonds is 5. The quantitative estimate of drug-likeness (QED) is 0.743. The summed E-state index contributed by atoms with van der Waals surface area (Å²) < 4.78 is 0. The summed E-state index contributed by atoms with van der Waals surface area (Å²) in [4.78, 5) is 2.88. The fraction of sp³-hybridized carbons (Fsp3) is 1.00. The Hall–Kier alpha value is -0.0800. The lowest BCUT2D eigenvalue weighted by Crippen LogP contribution is -2.57. The molecule has 3 unspecified atom stereocenters. The molecule has 0 aromatic carbocycles. The van der Waals surface area contributed by atoms with Crippen molar-refractivity contribution in [3.63, 3.8) is 0 Å². The summed E-state index contributed by atoms with van der Waals surface area (Å²) in [5.74, 6) is 0.968. The first-order valence-corrected chi connectivity index (χ1v) is 9.72. The van der Waals surface area contributed by atoms with Gasteiger partial charge < -0.3 is 5.73 Å². The van der Waals surface area contributed by atoms with E-state index in [4.69, 9.17) is 5.73 Å². The molecular weight excluding hydrogens is 256 g/mol. The molecule has 0 bridgehead atoms. The van der Waals surface area contributed by atoms with E-state index < -0.39 is 0 Å². The summed E-state index contributed by atoms with van der Waals surface area (Å²) in [6, 6.07) is 0.791. The molecule has 0 amide bonds. The number of hydrogen-bond acceptors (Lipinski definition) is 2. The van der Waals surface area contributed by atoms with Gasteiger partial charge in [-0.2, -0.15) is 0 Å². The summed E-state index contributed by atoms with van der Waals surface area (Å²) >= 11 is 0. The van der Waals surface area contributed by atoms with Gasteiger partial charge in [0.05, 0.1) is 0 Å². The van der Waals surface area contributed by atoms with E-state index in [2.05, 4.69) is 18.7 Å². The van der Waals surface area contributed by atoms with E-state index in [1.807, 2.05) is 0 Å². The topological polar surface area (TPSA) is 29.3 Å². The normalized spacial score (nSPS) is 36.1. The lowest BCUT2D eigenvalue weighted by molar-refractivity contribution is 0.0342. The van der Waals surface area contributed by atoms with Crippen LogP contribution in [0.25, 0.3) is 0 Å². The molecule has 0 radical (unpaired) electrons. The molecule has 21 heavy (non-hydrogen) atoms. The van der Waals surface area contributed by atoms with E-state index in [9.17, 15) is 0 Å². The van der Waals surface area contributed by atoms with Crippen molar-refractivity contribution in [1.29, 1.82) is 0 Å². The molecule has 0 aromatic rings. The highest BCUT2D eigenvalue weighted by atomic mass is 15.2. The summed E-state index contributed by atoms with van der Waals surface area (Å²) in [5, 5.41) is 0. The van der Waals surface area contributed by atoms with E-state index in [0.717, 1.165) is 18.5 Å². The minimum absolute atomic E-state index is 0.327. The second-order valence-electron chi connectivity index (χ2n) is 7.62. The number of hydrogen-bond donors (Lipinski definition) is 1. The summed E-state index contributed by atoms with van der Waals surface area (Å²) in [6.07, 6.45) is 16.7. The second-order valence-corrected chi connectivity index (χ2v) is 7.62. The average Bonchev–Trinajstić information content (AvgIpc) is 2.86. The molecule has 2 aliphatic rings. The second kappa shape index (κ2) is 8.53. The van der Waals surface area contributed by atoms with Gasteiger partial charge in [-0.15, -0.1) is 0 Å².